The highest BCUT2D eigenvalue weighted by Crippen LogP contribution is 2.27. The predicted molar refractivity (Wildman–Crippen MR) is 106 cm³/mol. The third-order valence-electron chi connectivity index (χ3n) is 3.67. The minimum atomic E-state index is -0.270. The minimum Gasteiger partial charge on any atom is -0.495 e. The fourth-order valence-electron chi connectivity index (χ4n) is 2.50. The molecule has 0 aliphatic rings. The van der Waals surface area contributed by atoms with Crippen LogP contribution in [-0.2, 0) is 0 Å². The van der Waals surface area contributed by atoms with Gasteiger partial charge in [0.05, 0.1) is 12.1 Å². The standard InChI is InChI=1S/C19H15ClN2O2S/c1-24-17-10-9-13(11-16(17)20)21-19(25)22-18(23)15-8-4-6-12-5-2-3-7-14(12)15/h2-11H,1H3,(H2,21,22,23,25). The predicted octanol–water partition coefficient (Wildman–Crippen LogP) is 4.63. The number of carbonyl (C=O) groups excluding carboxylic acids is 1. The summed E-state index contributed by atoms with van der Waals surface area (Å²) in [5.74, 6) is 0.298. The molecule has 0 atom stereocenters. The topological polar surface area (TPSA) is 50.4 Å². The second-order valence-electron chi connectivity index (χ2n) is 5.28. The number of ether oxygens (including phenoxy) is 1. The second kappa shape index (κ2) is 7.51. The van der Waals surface area contributed by atoms with E-state index in [1.807, 2.05) is 36.4 Å². The molecule has 0 saturated carbocycles. The van der Waals surface area contributed by atoms with Crippen LogP contribution >= 0.6 is 23.8 Å². The van der Waals surface area contributed by atoms with Gasteiger partial charge in [-0.25, -0.2) is 0 Å². The van der Waals surface area contributed by atoms with Crippen molar-refractivity contribution in [3.8, 4) is 5.75 Å². The summed E-state index contributed by atoms with van der Waals surface area (Å²) in [5, 5.41) is 8.15. The molecule has 3 rings (SSSR count). The summed E-state index contributed by atoms with van der Waals surface area (Å²) in [4.78, 5) is 12.5. The van der Waals surface area contributed by atoms with Crippen molar-refractivity contribution in [1.29, 1.82) is 0 Å². The summed E-state index contributed by atoms with van der Waals surface area (Å²) >= 11 is 11.3. The van der Waals surface area contributed by atoms with E-state index in [-0.39, 0.29) is 11.0 Å². The van der Waals surface area contributed by atoms with E-state index in [9.17, 15) is 4.79 Å². The largest absolute Gasteiger partial charge is 0.495 e. The maximum Gasteiger partial charge on any atom is 0.258 e. The number of hydrogen-bond acceptors (Lipinski definition) is 3. The van der Waals surface area contributed by atoms with E-state index in [0.717, 1.165) is 10.8 Å². The van der Waals surface area contributed by atoms with E-state index in [1.54, 1.807) is 31.4 Å². The zero-order chi connectivity index (χ0) is 17.8. The van der Waals surface area contributed by atoms with Gasteiger partial charge < -0.3 is 10.1 Å². The molecule has 0 fully saturated rings. The van der Waals surface area contributed by atoms with Crippen molar-refractivity contribution in [3.05, 3.63) is 71.2 Å². The van der Waals surface area contributed by atoms with Gasteiger partial charge in [-0.3, -0.25) is 10.1 Å². The normalized spacial score (nSPS) is 10.3. The zero-order valence-corrected chi connectivity index (χ0v) is 14.9. The molecular formula is C19H15ClN2O2S. The van der Waals surface area contributed by atoms with Crippen molar-refractivity contribution in [2.24, 2.45) is 0 Å². The Bertz CT molecular complexity index is 954. The Labute approximate surface area is 155 Å². The van der Waals surface area contributed by atoms with E-state index in [0.29, 0.717) is 22.0 Å². The molecular weight excluding hydrogens is 356 g/mol. The van der Waals surface area contributed by atoms with Crippen LogP contribution in [0.2, 0.25) is 5.02 Å². The highest BCUT2D eigenvalue weighted by Gasteiger charge is 2.11. The van der Waals surface area contributed by atoms with Gasteiger partial charge in [-0.2, -0.15) is 0 Å². The number of carbonyl (C=O) groups is 1. The molecule has 4 nitrogen and oxygen atoms in total. The zero-order valence-electron chi connectivity index (χ0n) is 13.4. The number of thiocarbonyl (C=S) groups is 1. The maximum absolute atomic E-state index is 12.5. The number of fused-ring (bicyclic) bond motifs is 1. The number of rotatable bonds is 3. The molecule has 0 bridgehead atoms. The van der Waals surface area contributed by atoms with Crippen LogP contribution in [0.1, 0.15) is 10.4 Å². The number of amides is 1. The SMILES string of the molecule is COc1ccc(NC(=S)NC(=O)c2cccc3ccccc23)cc1Cl. The lowest BCUT2D eigenvalue weighted by molar-refractivity contribution is 0.0979. The first-order valence-electron chi connectivity index (χ1n) is 7.52. The Hall–Kier alpha value is -2.63. The smallest absolute Gasteiger partial charge is 0.258 e. The molecule has 1 amide bonds. The third kappa shape index (κ3) is 3.90. The van der Waals surface area contributed by atoms with Crippen LogP contribution in [0.4, 0.5) is 5.69 Å². The van der Waals surface area contributed by atoms with Crippen molar-refractivity contribution < 1.29 is 9.53 Å². The number of anilines is 1. The Morgan fingerprint density at radius 3 is 2.60 bits per heavy atom. The molecule has 2 N–H and O–H groups in total. The summed E-state index contributed by atoms with van der Waals surface area (Å²) in [6, 6.07) is 18.4. The third-order valence-corrected chi connectivity index (χ3v) is 4.17. The summed E-state index contributed by atoms with van der Waals surface area (Å²) < 4.78 is 5.11. The Kier molecular flexibility index (Phi) is 5.16. The molecule has 0 aromatic heterocycles. The van der Waals surface area contributed by atoms with Gasteiger partial charge in [0.1, 0.15) is 5.75 Å². The van der Waals surface area contributed by atoms with E-state index in [4.69, 9.17) is 28.6 Å². The number of hydrogen-bond donors (Lipinski definition) is 2. The van der Waals surface area contributed by atoms with Gasteiger partial charge in [0.2, 0.25) is 0 Å². The molecule has 0 radical (unpaired) electrons. The Morgan fingerprint density at radius 1 is 1.08 bits per heavy atom. The van der Waals surface area contributed by atoms with Gasteiger partial charge in [0.15, 0.2) is 5.11 Å². The molecule has 3 aromatic carbocycles. The number of halogens is 1. The number of benzene rings is 3. The van der Waals surface area contributed by atoms with Crippen LogP contribution < -0.4 is 15.4 Å². The van der Waals surface area contributed by atoms with Crippen LogP contribution in [0.25, 0.3) is 10.8 Å². The van der Waals surface area contributed by atoms with E-state index in [1.165, 1.54) is 0 Å². The van der Waals surface area contributed by atoms with Crippen molar-refractivity contribution in [3.63, 3.8) is 0 Å². The monoisotopic (exact) mass is 370 g/mol. The van der Waals surface area contributed by atoms with Gasteiger partial charge in [0.25, 0.3) is 5.91 Å². The average Bonchev–Trinajstić information content (AvgIpc) is 2.61. The van der Waals surface area contributed by atoms with Crippen LogP contribution in [0.3, 0.4) is 0 Å². The van der Waals surface area contributed by atoms with Gasteiger partial charge in [0, 0.05) is 11.3 Å². The molecule has 0 aliphatic heterocycles. The summed E-state index contributed by atoms with van der Waals surface area (Å²) in [6.45, 7) is 0. The second-order valence-corrected chi connectivity index (χ2v) is 6.10. The number of methoxy groups -OCH3 is 1. The van der Waals surface area contributed by atoms with Crippen molar-refractivity contribution >= 4 is 51.3 Å². The maximum atomic E-state index is 12.5. The molecule has 0 aliphatic carbocycles. The van der Waals surface area contributed by atoms with Crippen LogP contribution in [-0.4, -0.2) is 18.1 Å². The lowest BCUT2D eigenvalue weighted by Crippen LogP contribution is -2.34. The highest BCUT2D eigenvalue weighted by molar-refractivity contribution is 7.80. The van der Waals surface area contributed by atoms with Crippen LogP contribution in [0.5, 0.6) is 5.75 Å². The first-order valence-corrected chi connectivity index (χ1v) is 8.31. The van der Waals surface area contributed by atoms with Crippen molar-refractivity contribution in [1.82, 2.24) is 5.32 Å². The molecule has 0 spiro atoms. The highest BCUT2D eigenvalue weighted by atomic mass is 35.5. The van der Waals surface area contributed by atoms with Gasteiger partial charge in [-0.15, -0.1) is 0 Å². The molecule has 126 valence electrons. The minimum absolute atomic E-state index is 0.194. The van der Waals surface area contributed by atoms with Gasteiger partial charge in [-0.05, 0) is 47.3 Å². The Morgan fingerprint density at radius 2 is 1.84 bits per heavy atom. The lowest BCUT2D eigenvalue weighted by Gasteiger charge is -2.12. The van der Waals surface area contributed by atoms with Crippen LogP contribution in [0, 0.1) is 0 Å². The van der Waals surface area contributed by atoms with Gasteiger partial charge in [-0.1, -0.05) is 48.0 Å². The quantitative estimate of drug-likeness (QED) is 0.660. The first kappa shape index (κ1) is 17.2. The number of nitrogens with one attached hydrogen (secondary N) is 2. The molecule has 6 heteroatoms. The lowest BCUT2D eigenvalue weighted by atomic mass is 10.0. The van der Waals surface area contributed by atoms with E-state index >= 15 is 0 Å². The molecule has 0 heterocycles. The first-order chi connectivity index (χ1) is 12.1. The molecule has 0 unspecified atom stereocenters. The Balaban J connectivity index is 1.74. The summed E-state index contributed by atoms with van der Waals surface area (Å²) in [5.41, 5.74) is 1.23. The average molecular weight is 371 g/mol. The van der Waals surface area contributed by atoms with Crippen molar-refractivity contribution in [2.75, 3.05) is 12.4 Å². The van der Waals surface area contributed by atoms with E-state index in [2.05, 4.69) is 10.6 Å². The van der Waals surface area contributed by atoms with Crippen molar-refractivity contribution in [2.45, 2.75) is 0 Å². The summed E-state index contributed by atoms with van der Waals surface area (Å²) in [6.07, 6.45) is 0. The molecule has 3 aromatic rings. The summed E-state index contributed by atoms with van der Waals surface area (Å²) in [7, 11) is 1.54. The molecule has 0 saturated heterocycles. The van der Waals surface area contributed by atoms with E-state index < -0.39 is 0 Å². The fourth-order valence-corrected chi connectivity index (χ4v) is 2.97. The van der Waals surface area contributed by atoms with Crippen LogP contribution in [0.15, 0.2) is 60.7 Å². The van der Waals surface area contributed by atoms with Gasteiger partial charge >= 0.3 is 0 Å². The fraction of sp³-hybridized carbons (Fsp3) is 0.0526. The molecule has 25 heavy (non-hydrogen) atoms.